The molecule has 0 saturated carbocycles. The van der Waals surface area contributed by atoms with Crippen LogP contribution in [0.2, 0.25) is 0 Å². The van der Waals surface area contributed by atoms with Crippen LogP contribution in [0.1, 0.15) is 85.0 Å². The number of hydrogen-bond acceptors (Lipinski definition) is 7. The summed E-state index contributed by atoms with van der Waals surface area (Å²) in [5.74, 6) is 0.770. The van der Waals surface area contributed by atoms with E-state index in [1.807, 2.05) is 26.8 Å². The average molecular weight is 525 g/mol. The number of benzene rings is 1. The van der Waals surface area contributed by atoms with E-state index in [9.17, 15) is 9.59 Å². The lowest BCUT2D eigenvalue weighted by Crippen LogP contribution is -2.30. The molecular formula is C28H40N6O4. The lowest BCUT2D eigenvalue weighted by Gasteiger charge is -2.25. The molecule has 0 aliphatic rings. The van der Waals surface area contributed by atoms with Gasteiger partial charge < -0.3 is 14.8 Å². The number of amides is 1. The highest BCUT2D eigenvalue weighted by atomic mass is 16.5. The number of fused-ring (bicyclic) bond motifs is 1. The molecule has 1 N–H and O–H groups in total. The topological polar surface area (TPSA) is 112 Å². The number of Topliss-reactive ketones (excluding diaryl/α,β-unsaturated/α-hetero) is 1. The monoisotopic (exact) mass is 524 g/mol. The SMILES string of the molecule is CCCCOc1cc(C(=O)Cn2nc3c(C)c(C)c(C(=O)NCC)nn3/c2=N/C)cc(C(C)(C)C)c1OC. The molecule has 0 bridgehead atoms. The zero-order valence-electron chi connectivity index (χ0n) is 24.1. The second kappa shape index (κ2) is 11.8. The van der Waals surface area contributed by atoms with Crippen molar-refractivity contribution in [1.82, 2.24) is 24.7 Å². The van der Waals surface area contributed by atoms with Crippen molar-refractivity contribution in [1.29, 1.82) is 0 Å². The molecule has 0 fully saturated rings. The van der Waals surface area contributed by atoms with Gasteiger partial charge in [-0.1, -0.05) is 34.1 Å². The Bertz CT molecular complexity index is 1410. The fraction of sp³-hybridized carbons (Fsp3) is 0.536. The van der Waals surface area contributed by atoms with Crippen LogP contribution < -0.4 is 20.4 Å². The number of aromatic nitrogens is 4. The molecule has 0 aliphatic carbocycles. The van der Waals surface area contributed by atoms with Crippen molar-refractivity contribution < 1.29 is 19.1 Å². The Hall–Kier alpha value is -3.69. The second-order valence-corrected chi connectivity index (χ2v) is 10.3. The largest absolute Gasteiger partial charge is 0.493 e. The third-order valence-electron chi connectivity index (χ3n) is 6.48. The Labute approximate surface area is 224 Å². The molecule has 206 valence electrons. The van der Waals surface area contributed by atoms with Crippen molar-refractivity contribution in [2.24, 2.45) is 4.99 Å². The summed E-state index contributed by atoms with van der Waals surface area (Å²) in [7, 11) is 3.23. The van der Waals surface area contributed by atoms with Gasteiger partial charge in [-0.15, -0.1) is 5.10 Å². The lowest BCUT2D eigenvalue weighted by molar-refractivity contribution is 0.0944. The van der Waals surface area contributed by atoms with Crippen molar-refractivity contribution >= 4 is 17.3 Å². The molecule has 10 nitrogen and oxygen atoms in total. The summed E-state index contributed by atoms with van der Waals surface area (Å²) >= 11 is 0. The maximum atomic E-state index is 13.6. The van der Waals surface area contributed by atoms with E-state index in [4.69, 9.17) is 9.47 Å². The van der Waals surface area contributed by atoms with Crippen LogP contribution in [0.5, 0.6) is 11.5 Å². The van der Waals surface area contributed by atoms with Crippen molar-refractivity contribution in [2.75, 3.05) is 27.3 Å². The van der Waals surface area contributed by atoms with E-state index in [0.717, 1.165) is 29.5 Å². The van der Waals surface area contributed by atoms with E-state index in [-0.39, 0.29) is 23.7 Å². The van der Waals surface area contributed by atoms with E-state index in [1.165, 1.54) is 9.20 Å². The van der Waals surface area contributed by atoms with E-state index >= 15 is 0 Å². The zero-order valence-corrected chi connectivity index (χ0v) is 24.1. The second-order valence-electron chi connectivity index (χ2n) is 10.3. The standard InChI is InChI=1S/C28H40N6O4/c1-10-12-13-38-22-15-19(14-20(24(22)37-9)28(5,6)7)21(35)16-33-27(29-8)34-25(32-33)18(4)17(3)23(31-34)26(36)30-11-2/h14-15H,10-13,16H2,1-9H3,(H,30,36)/b29-27+. The number of hydrogen-bond donors (Lipinski definition) is 1. The molecule has 0 aliphatic heterocycles. The lowest BCUT2D eigenvalue weighted by atomic mass is 9.84. The van der Waals surface area contributed by atoms with E-state index in [0.29, 0.717) is 47.2 Å². The quantitative estimate of drug-likeness (QED) is 0.319. The first-order valence-electron chi connectivity index (χ1n) is 13.0. The zero-order chi connectivity index (χ0) is 28.2. The van der Waals surface area contributed by atoms with Gasteiger partial charge in [0.25, 0.3) is 5.91 Å². The van der Waals surface area contributed by atoms with Gasteiger partial charge >= 0.3 is 0 Å². The summed E-state index contributed by atoms with van der Waals surface area (Å²) in [6.07, 6.45) is 1.89. The smallest absolute Gasteiger partial charge is 0.272 e. The number of rotatable bonds is 10. The summed E-state index contributed by atoms with van der Waals surface area (Å²) in [5.41, 5.74) is 3.84. The first-order valence-corrected chi connectivity index (χ1v) is 13.0. The minimum Gasteiger partial charge on any atom is -0.493 e. The number of ether oxygens (including phenoxy) is 2. The Morgan fingerprint density at radius 3 is 2.39 bits per heavy atom. The van der Waals surface area contributed by atoms with Crippen molar-refractivity contribution in [3.05, 3.63) is 45.7 Å². The number of carbonyl (C=O) groups excluding carboxylic acids is 2. The van der Waals surface area contributed by atoms with Crippen LogP contribution in [-0.4, -0.2) is 58.4 Å². The van der Waals surface area contributed by atoms with Gasteiger partial charge in [-0.2, -0.15) is 9.61 Å². The molecule has 1 aromatic carbocycles. The van der Waals surface area contributed by atoms with Crippen molar-refractivity contribution in [3.8, 4) is 11.5 Å². The summed E-state index contributed by atoms with van der Waals surface area (Å²) in [6.45, 7) is 14.9. The number of unbranched alkanes of at least 4 members (excludes halogenated alkanes) is 1. The summed E-state index contributed by atoms with van der Waals surface area (Å²) in [6, 6.07) is 3.61. The highest BCUT2D eigenvalue weighted by Gasteiger charge is 2.26. The number of ketones is 1. The Balaban J connectivity index is 2.10. The summed E-state index contributed by atoms with van der Waals surface area (Å²) in [5, 5.41) is 12.0. The van der Waals surface area contributed by atoms with Crippen LogP contribution in [0.25, 0.3) is 5.65 Å². The van der Waals surface area contributed by atoms with Gasteiger partial charge in [0.2, 0.25) is 5.62 Å². The average Bonchev–Trinajstić information content (AvgIpc) is 3.22. The minimum absolute atomic E-state index is 0.0602. The van der Waals surface area contributed by atoms with Crippen LogP contribution in [0, 0.1) is 13.8 Å². The molecule has 3 rings (SSSR count). The van der Waals surface area contributed by atoms with Crippen LogP contribution in [-0.2, 0) is 12.0 Å². The molecule has 1 amide bonds. The molecule has 0 radical (unpaired) electrons. The van der Waals surface area contributed by atoms with Crippen LogP contribution >= 0.6 is 0 Å². The number of nitrogens with zero attached hydrogens (tertiary/aromatic N) is 5. The molecule has 0 saturated heterocycles. The highest BCUT2D eigenvalue weighted by Crippen LogP contribution is 2.40. The third-order valence-corrected chi connectivity index (χ3v) is 6.48. The first-order chi connectivity index (χ1) is 18.0. The van der Waals surface area contributed by atoms with Gasteiger partial charge in [-0.3, -0.25) is 14.6 Å². The Morgan fingerprint density at radius 2 is 1.82 bits per heavy atom. The molecule has 0 unspecified atom stereocenters. The van der Waals surface area contributed by atoms with Gasteiger partial charge in [-0.05, 0) is 50.3 Å². The third kappa shape index (κ3) is 5.74. The molecule has 2 heterocycles. The van der Waals surface area contributed by atoms with E-state index in [2.05, 4.69) is 48.2 Å². The van der Waals surface area contributed by atoms with Gasteiger partial charge in [0.1, 0.15) is 6.54 Å². The number of methoxy groups -OCH3 is 1. The predicted octanol–water partition coefficient (Wildman–Crippen LogP) is 3.80. The maximum Gasteiger partial charge on any atom is 0.272 e. The molecule has 10 heteroatoms. The minimum atomic E-state index is -0.279. The van der Waals surface area contributed by atoms with Gasteiger partial charge in [0, 0.05) is 30.3 Å². The first kappa shape index (κ1) is 28.9. The predicted molar refractivity (Wildman–Crippen MR) is 146 cm³/mol. The number of carbonyl (C=O) groups is 2. The Kier molecular flexibility index (Phi) is 8.96. The van der Waals surface area contributed by atoms with Crippen LogP contribution in [0.4, 0.5) is 0 Å². The maximum absolute atomic E-state index is 13.6. The van der Waals surface area contributed by atoms with Crippen LogP contribution in [0.3, 0.4) is 0 Å². The fourth-order valence-electron chi connectivity index (χ4n) is 4.22. The van der Waals surface area contributed by atoms with Gasteiger partial charge in [-0.25, -0.2) is 4.68 Å². The number of nitrogens with one attached hydrogen (secondary N) is 1. The van der Waals surface area contributed by atoms with E-state index < -0.39 is 0 Å². The number of aryl methyl sites for hydroxylation is 1. The molecule has 3 aromatic rings. The summed E-state index contributed by atoms with van der Waals surface area (Å²) in [4.78, 5) is 30.6. The van der Waals surface area contributed by atoms with Gasteiger partial charge in [0.05, 0.1) is 13.7 Å². The van der Waals surface area contributed by atoms with E-state index in [1.54, 1.807) is 20.2 Å². The highest BCUT2D eigenvalue weighted by molar-refractivity contribution is 5.97. The fourth-order valence-corrected chi connectivity index (χ4v) is 4.22. The molecular weight excluding hydrogens is 484 g/mol. The van der Waals surface area contributed by atoms with Crippen molar-refractivity contribution in [3.63, 3.8) is 0 Å². The molecule has 38 heavy (non-hydrogen) atoms. The van der Waals surface area contributed by atoms with Crippen molar-refractivity contribution in [2.45, 2.75) is 73.3 Å². The van der Waals surface area contributed by atoms with Crippen LogP contribution in [0.15, 0.2) is 17.1 Å². The molecule has 0 atom stereocenters. The Morgan fingerprint density at radius 1 is 1.11 bits per heavy atom. The normalized spacial score (nSPS) is 12.2. The summed E-state index contributed by atoms with van der Waals surface area (Å²) < 4.78 is 14.8. The van der Waals surface area contributed by atoms with Gasteiger partial charge in [0.15, 0.2) is 28.6 Å². The molecule has 0 spiro atoms. The molecule has 2 aromatic heterocycles.